The van der Waals surface area contributed by atoms with E-state index < -0.39 is 10.0 Å². The summed E-state index contributed by atoms with van der Waals surface area (Å²) in [6, 6.07) is 25.2. The van der Waals surface area contributed by atoms with Crippen molar-refractivity contribution < 1.29 is 13.2 Å². The summed E-state index contributed by atoms with van der Waals surface area (Å²) in [4.78, 5) is 12.5. The Morgan fingerprint density at radius 2 is 1.55 bits per heavy atom. The lowest BCUT2D eigenvalue weighted by Gasteiger charge is -2.06. The van der Waals surface area contributed by atoms with E-state index in [9.17, 15) is 13.2 Å². The first kappa shape index (κ1) is 22.0. The minimum atomic E-state index is -3.68. The second-order valence-electron chi connectivity index (χ2n) is 7.30. The molecule has 0 aliphatic carbocycles. The quantitative estimate of drug-likeness (QED) is 0.404. The molecule has 166 valence electrons. The molecule has 0 atom stereocenters. The van der Waals surface area contributed by atoms with E-state index in [1.807, 2.05) is 60.7 Å². The van der Waals surface area contributed by atoms with Gasteiger partial charge in [-0.25, -0.2) is 8.42 Å². The molecule has 33 heavy (non-hydrogen) atoms. The molecule has 0 radical (unpaired) electrons. The molecule has 7 nitrogen and oxygen atoms in total. The van der Waals surface area contributed by atoms with Crippen LogP contribution in [-0.2, 0) is 16.6 Å². The number of sulfonamides is 1. The van der Waals surface area contributed by atoms with Crippen LogP contribution in [0.3, 0.4) is 0 Å². The number of benzene rings is 3. The predicted molar refractivity (Wildman–Crippen MR) is 130 cm³/mol. The lowest BCUT2D eigenvalue weighted by molar-refractivity contribution is 0.102. The standard InChI is InChI=1S/C25H22N4O3S/c30-25(27-24-17-26-29(19-24)18-21-9-5-2-6-10-21)22-11-13-23(14-12-22)28-33(31,32)16-15-20-7-3-1-4-8-20/h1-17,19,28H,18H2,(H,27,30)/b16-15+. The second-order valence-corrected chi connectivity index (χ2v) is 8.87. The Morgan fingerprint density at radius 1 is 0.879 bits per heavy atom. The number of amides is 1. The van der Waals surface area contributed by atoms with Gasteiger partial charge < -0.3 is 5.32 Å². The van der Waals surface area contributed by atoms with Crippen molar-refractivity contribution >= 4 is 33.4 Å². The molecule has 0 bridgehead atoms. The van der Waals surface area contributed by atoms with Gasteiger partial charge in [-0.2, -0.15) is 5.10 Å². The fraction of sp³-hybridized carbons (Fsp3) is 0.0400. The van der Waals surface area contributed by atoms with Crippen LogP contribution >= 0.6 is 0 Å². The topological polar surface area (TPSA) is 93.1 Å². The zero-order chi connectivity index (χ0) is 23.1. The number of anilines is 2. The van der Waals surface area contributed by atoms with Crippen molar-refractivity contribution in [2.75, 3.05) is 10.0 Å². The smallest absolute Gasteiger partial charge is 0.255 e. The zero-order valence-corrected chi connectivity index (χ0v) is 18.4. The fourth-order valence-electron chi connectivity index (χ4n) is 3.11. The number of nitrogens with one attached hydrogen (secondary N) is 2. The fourth-order valence-corrected chi connectivity index (χ4v) is 3.98. The number of nitrogens with zero attached hydrogens (tertiary/aromatic N) is 2. The molecule has 0 fully saturated rings. The highest BCUT2D eigenvalue weighted by Gasteiger charge is 2.10. The summed E-state index contributed by atoms with van der Waals surface area (Å²) in [7, 11) is -3.68. The van der Waals surface area contributed by atoms with Gasteiger partial charge in [0.25, 0.3) is 15.9 Å². The van der Waals surface area contributed by atoms with Crippen molar-refractivity contribution in [1.29, 1.82) is 0 Å². The molecule has 3 aromatic carbocycles. The highest BCUT2D eigenvalue weighted by Crippen LogP contribution is 2.15. The van der Waals surface area contributed by atoms with Gasteiger partial charge in [-0.05, 0) is 41.5 Å². The van der Waals surface area contributed by atoms with Crippen molar-refractivity contribution in [3.63, 3.8) is 0 Å². The average Bonchev–Trinajstić information content (AvgIpc) is 3.26. The molecular formula is C25H22N4O3S. The van der Waals surface area contributed by atoms with Crippen molar-refractivity contribution in [3.8, 4) is 0 Å². The SMILES string of the molecule is O=C(Nc1cnn(Cc2ccccc2)c1)c1ccc(NS(=O)(=O)/C=C/c2ccccc2)cc1. The summed E-state index contributed by atoms with van der Waals surface area (Å²) in [6.45, 7) is 0.601. The first-order valence-electron chi connectivity index (χ1n) is 10.2. The average molecular weight is 459 g/mol. The van der Waals surface area contributed by atoms with Gasteiger partial charge in [-0.1, -0.05) is 60.7 Å². The van der Waals surface area contributed by atoms with Crippen molar-refractivity contribution in [1.82, 2.24) is 9.78 Å². The maximum Gasteiger partial charge on any atom is 0.255 e. The number of hydrogen-bond acceptors (Lipinski definition) is 4. The summed E-state index contributed by atoms with van der Waals surface area (Å²) < 4.78 is 28.8. The van der Waals surface area contributed by atoms with Gasteiger partial charge in [0.1, 0.15) is 0 Å². The molecule has 0 unspecified atom stereocenters. The van der Waals surface area contributed by atoms with E-state index in [1.165, 1.54) is 6.08 Å². The van der Waals surface area contributed by atoms with Gasteiger partial charge in [0, 0.05) is 17.4 Å². The highest BCUT2D eigenvalue weighted by atomic mass is 32.2. The largest absolute Gasteiger partial charge is 0.319 e. The molecule has 1 heterocycles. The molecule has 4 aromatic rings. The number of hydrogen-bond donors (Lipinski definition) is 2. The molecule has 0 spiro atoms. The van der Waals surface area contributed by atoms with Gasteiger partial charge in [-0.15, -0.1) is 0 Å². The van der Waals surface area contributed by atoms with Gasteiger partial charge >= 0.3 is 0 Å². The van der Waals surface area contributed by atoms with Crippen molar-refractivity contribution in [2.24, 2.45) is 0 Å². The number of rotatable bonds is 8. The zero-order valence-electron chi connectivity index (χ0n) is 17.6. The highest BCUT2D eigenvalue weighted by molar-refractivity contribution is 7.95. The Hall–Kier alpha value is -4.17. The number of carbonyl (C=O) groups is 1. The molecule has 0 aliphatic rings. The summed E-state index contributed by atoms with van der Waals surface area (Å²) >= 11 is 0. The minimum Gasteiger partial charge on any atom is -0.319 e. The van der Waals surface area contributed by atoms with Crippen LogP contribution in [0.4, 0.5) is 11.4 Å². The maximum absolute atomic E-state index is 12.5. The lowest BCUT2D eigenvalue weighted by atomic mass is 10.2. The first-order valence-corrected chi connectivity index (χ1v) is 11.8. The van der Waals surface area contributed by atoms with Crippen LogP contribution in [0.25, 0.3) is 6.08 Å². The van der Waals surface area contributed by atoms with Crippen molar-refractivity contribution in [2.45, 2.75) is 6.54 Å². The van der Waals surface area contributed by atoms with E-state index in [-0.39, 0.29) is 5.91 Å². The third kappa shape index (κ3) is 6.41. The molecule has 4 rings (SSSR count). The van der Waals surface area contributed by atoms with E-state index in [4.69, 9.17) is 0 Å². The van der Waals surface area contributed by atoms with E-state index in [0.717, 1.165) is 16.5 Å². The van der Waals surface area contributed by atoms with Crippen LogP contribution in [0.1, 0.15) is 21.5 Å². The normalized spacial score (nSPS) is 11.4. The van der Waals surface area contributed by atoms with Crippen LogP contribution in [0, 0.1) is 0 Å². The minimum absolute atomic E-state index is 0.312. The lowest BCUT2D eigenvalue weighted by Crippen LogP contribution is -2.12. The molecule has 2 N–H and O–H groups in total. The van der Waals surface area contributed by atoms with Gasteiger partial charge in [-0.3, -0.25) is 14.2 Å². The molecule has 0 saturated heterocycles. The van der Waals surface area contributed by atoms with E-state index in [2.05, 4.69) is 15.1 Å². The van der Waals surface area contributed by atoms with E-state index in [1.54, 1.807) is 41.3 Å². The summed E-state index contributed by atoms with van der Waals surface area (Å²) in [5.74, 6) is -0.312. The third-order valence-corrected chi connectivity index (χ3v) is 5.74. The second kappa shape index (κ2) is 9.97. The van der Waals surface area contributed by atoms with Crippen LogP contribution in [0.2, 0.25) is 0 Å². The van der Waals surface area contributed by atoms with Gasteiger partial charge in [0.2, 0.25) is 0 Å². The van der Waals surface area contributed by atoms with Crippen LogP contribution in [-0.4, -0.2) is 24.1 Å². The molecular weight excluding hydrogens is 436 g/mol. The van der Waals surface area contributed by atoms with E-state index >= 15 is 0 Å². The molecule has 8 heteroatoms. The Morgan fingerprint density at radius 3 is 2.24 bits per heavy atom. The van der Waals surface area contributed by atoms with Crippen LogP contribution in [0.5, 0.6) is 0 Å². The van der Waals surface area contributed by atoms with E-state index in [0.29, 0.717) is 23.5 Å². The predicted octanol–water partition coefficient (Wildman–Crippen LogP) is 4.60. The Kier molecular flexibility index (Phi) is 6.66. The molecule has 0 aliphatic heterocycles. The summed E-state index contributed by atoms with van der Waals surface area (Å²) in [6.07, 6.45) is 4.86. The Balaban J connectivity index is 1.35. The van der Waals surface area contributed by atoms with Crippen LogP contribution < -0.4 is 10.0 Å². The number of carbonyl (C=O) groups excluding carboxylic acids is 1. The molecule has 1 amide bonds. The number of aromatic nitrogens is 2. The van der Waals surface area contributed by atoms with Gasteiger partial charge in [0.05, 0.1) is 23.8 Å². The first-order chi connectivity index (χ1) is 16.0. The van der Waals surface area contributed by atoms with Crippen LogP contribution in [0.15, 0.2) is 103 Å². The molecule has 0 saturated carbocycles. The summed E-state index contributed by atoms with van der Waals surface area (Å²) in [5, 5.41) is 8.18. The summed E-state index contributed by atoms with van der Waals surface area (Å²) in [5.41, 5.74) is 3.22. The Labute approximate surface area is 192 Å². The Bertz CT molecular complexity index is 1350. The maximum atomic E-state index is 12.5. The third-order valence-electron chi connectivity index (χ3n) is 4.72. The molecule has 1 aromatic heterocycles. The van der Waals surface area contributed by atoms with Crippen molar-refractivity contribution in [3.05, 3.63) is 119 Å². The monoisotopic (exact) mass is 458 g/mol. The van der Waals surface area contributed by atoms with Gasteiger partial charge in [0.15, 0.2) is 0 Å².